The molecule has 0 saturated heterocycles. The van der Waals surface area contributed by atoms with Gasteiger partial charge in [0, 0.05) is 17.4 Å². The second-order valence-electron chi connectivity index (χ2n) is 7.54. The van der Waals surface area contributed by atoms with Gasteiger partial charge in [-0.25, -0.2) is 4.98 Å². The van der Waals surface area contributed by atoms with Crippen molar-refractivity contribution in [1.82, 2.24) is 19.5 Å². The standard InChI is InChI=1S/C23H25N5O4/c1-15(2)31-11-10-30-14-21-26-22(27-32-21)17-8-7-16(3)18(12-17)25-23(29)19-13-24-20-6-4-5-9-28(19)20/h4-9,12-13,15H,10-11,14H2,1-3H3,(H,25,29). The normalized spacial score (nSPS) is 11.4. The van der Waals surface area contributed by atoms with Gasteiger partial charge in [-0.15, -0.1) is 0 Å². The summed E-state index contributed by atoms with van der Waals surface area (Å²) in [5.74, 6) is 0.545. The van der Waals surface area contributed by atoms with Gasteiger partial charge in [0.05, 0.1) is 25.5 Å². The molecule has 0 aliphatic carbocycles. The smallest absolute Gasteiger partial charge is 0.274 e. The van der Waals surface area contributed by atoms with Crippen LogP contribution in [-0.4, -0.2) is 44.8 Å². The lowest BCUT2D eigenvalue weighted by molar-refractivity contribution is 0.00818. The Balaban J connectivity index is 1.44. The molecule has 1 aromatic carbocycles. The number of aromatic nitrogens is 4. The largest absolute Gasteiger partial charge is 0.376 e. The highest BCUT2D eigenvalue weighted by atomic mass is 16.5. The van der Waals surface area contributed by atoms with E-state index in [1.165, 1.54) is 0 Å². The van der Waals surface area contributed by atoms with E-state index in [9.17, 15) is 4.79 Å². The van der Waals surface area contributed by atoms with Gasteiger partial charge in [0.1, 0.15) is 17.9 Å². The molecule has 3 aromatic heterocycles. The number of carbonyl (C=O) groups is 1. The summed E-state index contributed by atoms with van der Waals surface area (Å²) < 4.78 is 18.0. The van der Waals surface area contributed by atoms with Gasteiger partial charge < -0.3 is 19.3 Å². The Bertz CT molecular complexity index is 1210. The summed E-state index contributed by atoms with van der Waals surface area (Å²) in [6.07, 6.45) is 3.53. The third-order valence-corrected chi connectivity index (χ3v) is 4.77. The number of ether oxygens (including phenoxy) is 2. The molecular formula is C23H25N5O4. The molecule has 0 spiro atoms. The molecule has 1 N–H and O–H groups in total. The van der Waals surface area contributed by atoms with Gasteiger partial charge in [-0.3, -0.25) is 9.20 Å². The van der Waals surface area contributed by atoms with Crippen LogP contribution in [0.3, 0.4) is 0 Å². The van der Waals surface area contributed by atoms with E-state index in [1.807, 2.05) is 57.2 Å². The van der Waals surface area contributed by atoms with Crippen molar-refractivity contribution in [3.05, 3.63) is 65.9 Å². The molecule has 0 radical (unpaired) electrons. The summed E-state index contributed by atoms with van der Waals surface area (Å²) in [4.78, 5) is 21.5. The number of nitrogens with one attached hydrogen (secondary N) is 1. The van der Waals surface area contributed by atoms with Crippen LogP contribution in [0, 0.1) is 6.92 Å². The average Bonchev–Trinajstić information content (AvgIpc) is 3.42. The van der Waals surface area contributed by atoms with E-state index in [-0.39, 0.29) is 18.6 Å². The van der Waals surface area contributed by atoms with Crippen molar-refractivity contribution in [2.24, 2.45) is 0 Å². The average molecular weight is 435 g/mol. The Morgan fingerprint density at radius 2 is 2.09 bits per heavy atom. The molecule has 32 heavy (non-hydrogen) atoms. The Kier molecular flexibility index (Phi) is 6.58. The van der Waals surface area contributed by atoms with Crippen LogP contribution in [0.25, 0.3) is 17.0 Å². The molecular weight excluding hydrogens is 410 g/mol. The van der Waals surface area contributed by atoms with Crippen LogP contribution in [0.15, 0.2) is 53.3 Å². The minimum Gasteiger partial charge on any atom is -0.376 e. The van der Waals surface area contributed by atoms with Crippen molar-refractivity contribution in [3.8, 4) is 11.4 Å². The summed E-state index contributed by atoms with van der Waals surface area (Å²) in [6.45, 7) is 7.02. The zero-order valence-electron chi connectivity index (χ0n) is 18.2. The van der Waals surface area contributed by atoms with Crippen molar-refractivity contribution >= 4 is 17.2 Å². The van der Waals surface area contributed by atoms with Gasteiger partial charge in [0.2, 0.25) is 5.82 Å². The Morgan fingerprint density at radius 1 is 1.22 bits per heavy atom. The van der Waals surface area contributed by atoms with E-state index in [1.54, 1.807) is 16.8 Å². The van der Waals surface area contributed by atoms with Crippen LogP contribution in [0.1, 0.15) is 35.8 Å². The summed E-state index contributed by atoms with van der Waals surface area (Å²) in [6, 6.07) is 11.2. The van der Waals surface area contributed by atoms with Crippen LogP contribution in [0.5, 0.6) is 0 Å². The molecule has 1 amide bonds. The lowest BCUT2D eigenvalue weighted by Crippen LogP contribution is -2.15. The van der Waals surface area contributed by atoms with Crippen LogP contribution >= 0.6 is 0 Å². The van der Waals surface area contributed by atoms with Crippen molar-refractivity contribution in [2.45, 2.75) is 33.5 Å². The highest BCUT2D eigenvalue weighted by Gasteiger charge is 2.15. The quantitative estimate of drug-likeness (QED) is 0.398. The molecule has 0 aliphatic rings. The van der Waals surface area contributed by atoms with Crippen LogP contribution in [0.2, 0.25) is 0 Å². The van der Waals surface area contributed by atoms with E-state index in [0.717, 1.165) is 11.1 Å². The van der Waals surface area contributed by atoms with E-state index < -0.39 is 0 Å². The number of anilines is 1. The van der Waals surface area contributed by atoms with Crippen molar-refractivity contribution in [1.29, 1.82) is 0 Å². The van der Waals surface area contributed by atoms with Gasteiger partial charge in [-0.2, -0.15) is 4.98 Å². The molecule has 0 aliphatic heterocycles. The van der Waals surface area contributed by atoms with E-state index in [0.29, 0.717) is 42.0 Å². The van der Waals surface area contributed by atoms with E-state index in [4.69, 9.17) is 14.0 Å². The topological polar surface area (TPSA) is 104 Å². The predicted octanol–water partition coefficient (Wildman–Crippen LogP) is 3.89. The third-order valence-electron chi connectivity index (χ3n) is 4.77. The van der Waals surface area contributed by atoms with Crippen molar-refractivity contribution in [2.75, 3.05) is 18.5 Å². The first kappa shape index (κ1) is 21.7. The molecule has 9 heteroatoms. The number of amides is 1. The van der Waals surface area contributed by atoms with Gasteiger partial charge in [0.15, 0.2) is 0 Å². The Labute approximate surface area is 185 Å². The molecule has 0 bridgehead atoms. The second kappa shape index (κ2) is 9.71. The fourth-order valence-corrected chi connectivity index (χ4v) is 3.12. The number of hydrogen-bond donors (Lipinski definition) is 1. The molecule has 4 aromatic rings. The maximum Gasteiger partial charge on any atom is 0.274 e. The zero-order valence-corrected chi connectivity index (χ0v) is 18.2. The number of fused-ring (bicyclic) bond motifs is 1. The summed E-state index contributed by atoms with van der Waals surface area (Å²) in [5.41, 5.74) is 3.45. The number of imidazole rings is 1. The number of rotatable bonds is 9. The van der Waals surface area contributed by atoms with Gasteiger partial charge in [-0.1, -0.05) is 23.4 Å². The molecule has 3 heterocycles. The minimum absolute atomic E-state index is 0.164. The second-order valence-corrected chi connectivity index (χ2v) is 7.54. The van der Waals surface area contributed by atoms with Crippen LogP contribution in [0.4, 0.5) is 5.69 Å². The fourth-order valence-electron chi connectivity index (χ4n) is 3.12. The Hall–Kier alpha value is -3.56. The molecule has 0 unspecified atom stereocenters. The molecule has 0 saturated carbocycles. The van der Waals surface area contributed by atoms with Gasteiger partial charge in [-0.05, 0) is 44.5 Å². The minimum atomic E-state index is -0.255. The lowest BCUT2D eigenvalue weighted by atomic mass is 10.1. The molecule has 166 valence electrons. The first-order valence-corrected chi connectivity index (χ1v) is 10.4. The lowest BCUT2D eigenvalue weighted by Gasteiger charge is -2.09. The molecule has 9 nitrogen and oxygen atoms in total. The summed E-state index contributed by atoms with van der Waals surface area (Å²) >= 11 is 0. The van der Waals surface area contributed by atoms with Gasteiger partial charge in [0.25, 0.3) is 11.8 Å². The Morgan fingerprint density at radius 3 is 2.94 bits per heavy atom. The van der Waals surface area contributed by atoms with E-state index >= 15 is 0 Å². The fraction of sp³-hybridized carbons (Fsp3) is 0.304. The zero-order chi connectivity index (χ0) is 22.5. The maximum absolute atomic E-state index is 12.9. The molecule has 0 atom stereocenters. The van der Waals surface area contributed by atoms with Crippen molar-refractivity contribution < 1.29 is 18.8 Å². The summed E-state index contributed by atoms with van der Waals surface area (Å²) in [7, 11) is 0. The van der Waals surface area contributed by atoms with Crippen LogP contribution < -0.4 is 5.32 Å². The summed E-state index contributed by atoms with van der Waals surface area (Å²) in [5, 5.41) is 6.98. The SMILES string of the molecule is Cc1ccc(-c2noc(COCCOC(C)C)n2)cc1NC(=O)c1cnc2ccccn12. The van der Waals surface area contributed by atoms with Crippen molar-refractivity contribution in [3.63, 3.8) is 0 Å². The number of pyridine rings is 1. The number of aryl methyl sites for hydroxylation is 1. The molecule has 4 rings (SSSR count). The van der Waals surface area contributed by atoms with Crippen LogP contribution in [-0.2, 0) is 16.1 Å². The highest BCUT2D eigenvalue weighted by molar-refractivity contribution is 6.04. The maximum atomic E-state index is 12.9. The predicted molar refractivity (Wildman–Crippen MR) is 118 cm³/mol. The monoisotopic (exact) mass is 435 g/mol. The number of benzene rings is 1. The third kappa shape index (κ3) is 5.01. The first-order valence-electron chi connectivity index (χ1n) is 10.4. The number of nitrogens with zero attached hydrogens (tertiary/aromatic N) is 4. The number of carbonyl (C=O) groups excluding carboxylic acids is 1. The molecule has 0 fully saturated rings. The first-order chi connectivity index (χ1) is 15.5. The highest BCUT2D eigenvalue weighted by Crippen LogP contribution is 2.24. The van der Waals surface area contributed by atoms with Gasteiger partial charge >= 0.3 is 0 Å². The van der Waals surface area contributed by atoms with E-state index in [2.05, 4.69) is 20.4 Å². The number of hydrogen-bond acceptors (Lipinski definition) is 7.